The highest BCUT2D eigenvalue weighted by Gasteiger charge is 2.38. The van der Waals surface area contributed by atoms with Crippen LogP contribution in [-0.2, 0) is 10.2 Å². The molecule has 0 atom stereocenters. The molecule has 3 heteroatoms. The molecule has 4 aromatic rings. The quantitative estimate of drug-likeness (QED) is 0.357. The summed E-state index contributed by atoms with van der Waals surface area (Å²) in [7, 11) is 0. The largest absolute Gasteiger partial charge is 0.330 e. The Kier molecular flexibility index (Phi) is 6.78. The van der Waals surface area contributed by atoms with Gasteiger partial charge in [-0.1, -0.05) is 103 Å². The van der Waals surface area contributed by atoms with Gasteiger partial charge in [0.05, 0.1) is 5.41 Å². The van der Waals surface area contributed by atoms with E-state index < -0.39 is 5.41 Å². The second kappa shape index (κ2) is 10.1. The minimum absolute atomic E-state index is 0.0105. The van der Waals surface area contributed by atoms with Gasteiger partial charge >= 0.3 is 0 Å². The van der Waals surface area contributed by atoms with Crippen LogP contribution in [-0.4, -0.2) is 12.5 Å². The van der Waals surface area contributed by atoms with Crippen molar-refractivity contribution in [3.05, 3.63) is 138 Å². The zero-order valence-electron chi connectivity index (χ0n) is 18.1. The minimum Gasteiger partial charge on any atom is -0.330 e. The highest BCUT2D eigenvalue weighted by atomic mass is 16.1. The topological polar surface area (TPSA) is 55.1 Å². The summed E-state index contributed by atoms with van der Waals surface area (Å²) in [5, 5.41) is 2.98. The van der Waals surface area contributed by atoms with E-state index in [0.29, 0.717) is 19.4 Å². The number of nitrogens with two attached hydrogens (primary N) is 1. The summed E-state index contributed by atoms with van der Waals surface area (Å²) in [6, 6.07) is 40.0. The summed E-state index contributed by atoms with van der Waals surface area (Å²) in [5.74, 6) is -0.0105. The van der Waals surface area contributed by atoms with Crippen LogP contribution in [0, 0.1) is 0 Å². The Hall–Kier alpha value is -3.69. The van der Waals surface area contributed by atoms with Crippen LogP contribution in [0.5, 0.6) is 0 Å². The molecule has 0 bridgehead atoms. The molecule has 0 saturated heterocycles. The lowest BCUT2D eigenvalue weighted by molar-refractivity contribution is -0.116. The van der Waals surface area contributed by atoms with Crippen LogP contribution < -0.4 is 11.1 Å². The molecule has 0 heterocycles. The molecule has 3 nitrogen and oxygen atoms in total. The van der Waals surface area contributed by atoms with Gasteiger partial charge in [-0.3, -0.25) is 4.79 Å². The molecule has 3 N–H and O–H groups in total. The molecule has 0 aromatic heterocycles. The number of hydrogen-bond donors (Lipinski definition) is 2. The Morgan fingerprint density at radius 1 is 0.625 bits per heavy atom. The molecule has 0 unspecified atom stereocenters. The van der Waals surface area contributed by atoms with Crippen molar-refractivity contribution in [2.24, 2.45) is 5.73 Å². The van der Waals surface area contributed by atoms with Crippen molar-refractivity contribution in [2.45, 2.75) is 18.3 Å². The predicted molar refractivity (Wildman–Crippen MR) is 132 cm³/mol. The highest BCUT2D eigenvalue weighted by Crippen LogP contribution is 2.45. The Labute approximate surface area is 189 Å². The van der Waals surface area contributed by atoms with Crippen molar-refractivity contribution in [1.29, 1.82) is 0 Å². The molecule has 0 spiro atoms. The van der Waals surface area contributed by atoms with Gasteiger partial charge in [-0.2, -0.15) is 0 Å². The maximum Gasteiger partial charge on any atom is 0.224 e. The van der Waals surface area contributed by atoms with Crippen molar-refractivity contribution >= 4 is 11.6 Å². The van der Waals surface area contributed by atoms with E-state index in [9.17, 15) is 4.79 Å². The molecule has 4 rings (SSSR count). The monoisotopic (exact) mass is 420 g/mol. The minimum atomic E-state index is -0.480. The second-order valence-electron chi connectivity index (χ2n) is 7.87. The predicted octanol–water partition coefficient (Wildman–Crippen LogP) is 5.75. The summed E-state index contributed by atoms with van der Waals surface area (Å²) in [6.45, 7) is 0.514. The average Bonchev–Trinajstić information content (AvgIpc) is 2.86. The van der Waals surface area contributed by atoms with Crippen LogP contribution >= 0.6 is 0 Å². The number of rotatable bonds is 8. The molecule has 0 aliphatic heterocycles. The van der Waals surface area contributed by atoms with Crippen LogP contribution in [0.3, 0.4) is 0 Å². The third kappa shape index (κ3) is 4.34. The van der Waals surface area contributed by atoms with Crippen LogP contribution in [0.4, 0.5) is 5.69 Å². The first-order valence-corrected chi connectivity index (χ1v) is 11.0. The zero-order chi connectivity index (χ0) is 22.2. The van der Waals surface area contributed by atoms with Crippen molar-refractivity contribution in [1.82, 2.24) is 0 Å². The fourth-order valence-electron chi connectivity index (χ4n) is 4.35. The third-order valence-corrected chi connectivity index (χ3v) is 5.83. The van der Waals surface area contributed by atoms with E-state index in [-0.39, 0.29) is 5.91 Å². The van der Waals surface area contributed by atoms with Gasteiger partial charge in [0.25, 0.3) is 0 Å². The number of amides is 1. The second-order valence-corrected chi connectivity index (χ2v) is 7.87. The number of anilines is 1. The molecule has 0 aliphatic carbocycles. The summed E-state index contributed by atoms with van der Waals surface area (Å²) in [4.78, 5) is 12.2. The zero-order valence-corrected chi connectivity index (χ0v) is 18.1. The first-order chi connectivity index (χ1) is 15.7. The van der Waals surface area contributed by atoms with Gasteiger partial charge in [0, 0.05) is 12.1 Å². The maximum atomic E-state index is 12.2. The number of benzene rings is 4. The molecule has 1 amide bonds. The Balaban J connectivity index is 1.86. The fourth-order valence-corrected chi connectivity index (χ4v) is 4.35. The molecular weight excluding hydrogens is 392 g/mol. The summed E-state index contributed by atoms with van der Waals surface area (Å²) < 4.78 is 0. The van der Waals surface area contributed by atoms with E-state index in [1.165, 1.54) is 16.7 Å². The van der Waals surface area contributed by atoms with Gasteiger partial charge in [-0.25, -0.2) is 0 Å². The van der Waals surface area contributed by atoms with E-state index >= 15 is 0 Å². The molecular formula is C29H28N2O. The molecule has 0 saturated carbocycles. The first-order valence-electron chi connectivity index (χ1n) is 11.0. The number of carbonyl (C=O) groups is 1. The molecule has 0 radical (unpaired) electrons. The Bertz CT molecular complexity index is 1030. The van der Waals surface area contributed by atoms with E-state index in [4.69, 9.17) is 5.73 Å². The lowest BCUT2D eigenvalue weighted by atomic mass is 9.65. The lowest BCUT2D eigenvalue weighted by Gasteiger charge is -2.37. The molecule has 160 valence electrons. The molecule has 0 fully saturated rings. The van der Waals surface area contributed by atoms with Crippen molar-refractivity contribution in [3.63, 3.8) is 0 Å². The van der Waals surface area contributed by atoms with Gasteiger partial charge in [0.1, 0.15) is 0 Å². The first kappa shape index (κ1) is 21.5. The van der Waals surface area contributed by atoms with Gasteiger partial charge < -0.3 is 11.1 Å². The smallest absolute Gasteiger partial charge is 0.224 e. The molecule has 4 aromatic carbocycles. The van der Waals surface area contributed by atoms with E-state index in [2.05, 4.69) is 90.2 Å². The van der Waals surface area contributed by atoms with E-state index in [1.807, 2.05) is 30.3 Å². The van der Waals surface area contributed by atoms with Crippen LogP contribution in [0.2, 0.25) is 0 Å². The molecule has 0 aliphatic rings. The van der Waals surface area contributed by atoms with Crippen molar-refractivity contribution < 1.29 is 4.79 Å². The SMILES string of the molecule is NCCCC(=O)Nc1ccc(C(c2ccccc2)(c2ccccc2)c2ccccc2)cc1. The van der Waals surface area contributed by atoms with Crippen LogP contribution in [0.15, 0.2) is 115 Å². The van der Waals surface area contributed by atoms with Crippen LogP contribution in [0.1, 0.15) is 35.1 Å². The van der Waals surface area contributed by atoms with Gasteiger partial charge in [0.2, 0.25) is 5.91 Å². The lowest BCUT2D eigenvalue weighted by Crippen LogP contribution is -2.31. The number of nitrogens with one attached hydrogen (secondary N) is 1. The van der Waals surface area contributed by atoms with Gasteiger partial charge in [-0.05, 0) is 47.4 Å². The van der Waals surface area contributed by atoms with Gasteiger partial charge in [-0.15, -0.1) is 0 Å². The highest BCUT2D eigenvalue weighted by molar-refractivity contribution is 5.90. The molecule has 32 heavy (non-hydrogen) atoms. The Morgan fingerprint density at radius 2 is 1.03 bits per heavy atom. The number of hydrogen-bond acceptors (Lipinski definition) is 2. The Morgan fingerprint density at radius 3 is 1.44 bits per heavy atom. The van der Waals surface area contributed by atoms with Crippen LogP contribution in [0.25, 0.3) is 0 Å². The summed E-state index contributed by atoms with van der Waals surface area (Å²) >= 11 is 0. The maximum absolute atomic E-state index is 12.2. The standard InChI is InChI=1S/C29H28N2O/c30-22-10-17-28(32)31-27-20-18-26(19-21-27)29(23-11-4-1-5-12-23,24-13-6-2-7-14-24)25-15-8-3-9-16-25/h1-9,11-16,18-21H,10,17,22,30H2,(H,31,32). The normalized spacial score (nSPS) is 11.2. The summed E-state index contributed by atoms with van der Waals surface area (Å²) in [5.41, 5.74) is 10.5. The average molecular weight is 421 g/mol. The van der Waals surface area contributed by atoms with Gasteiger partial charge in [0.15, 0.2) is 0 Å². The third-order valence-electron chi connectivity index (χ3n) is 5.83. The van der Waals surface area contributed by atoms with Crippen molar-refractivity contribution in [2.75, 3.05) is 11.9 Å². The van der Waals surface area contributed by atoms with Crippen molar-refractivity contribution in [3.8, 4) is 0 Å². The number of carbonyl (C=O) groups excluding carboxylic acids is 1. The summed E-state index contributed by atoms with van der Waals surface area (Å²) in [6.07, 6.45) is 1.11. The fraction of sp³-hybridized carbons (Fsp3) is 0.138. The van der Waals surface area contributed by atoms with E-state index in [0.717, 1.165) is 11.3 Å². The van der Waals surface area contributed by atoms with E-state index in [1.54, 1.807) is 0 Å².